The zero-order valence-corrected chi connectivity index (χ0v) is 9.87. The lowest BCUT2D eigenvalue weighted by atomic mass is 10.3. The summed E-state index contributed by atoms with van der Waals surface area (Å²) in [5.74, 6) is 0.927. The van der Waals surface area contributed by atoms with Crippen LogP contribution in [-0.2, 0) is 4.74 Å². The number of pyridine rings is 1. The molecule has 1 aromatic heterocycles. The van der Waals surface area contributed by atoms with E-state index in [1.807, 2.05) is 18.2 Å². The molecule has 0 radical (unpaired) electrons. The van der Waals surface area contributed by atoms with Crippen LogP contribution in [0.25, 0.3) is 0 Å². The molecule has 1 aliphatic heterocycles. The first-order valence-electron chi connectivity index (χ1n) is 5.37. The summed E-state index contributed by atoms with van der Waals surface area (Å²) in [5.41, 5.74) is 6.25. The summed E-state index contributed by atoms with van der Waals surface area (Å²) in [4.78, 5) is 6.99. The van der Waals surface area contributed by atoms with E-state index in [9.17, 15) is 0 Å². The third kappa shape index (κ3) is 2.68. The Labute approximate surface area is 100 Å². The van der Waals surface area contributed by atoms with Crippen LogP contribution in [0.15, 0.2) is 18.2 Å². The molecule has 2 rings (SSSR count). The largest absolute Gasteiger partial charge is 0.388 e. The number of ether oxygens (including phenoxy) is 1. The summed E-state index contributed by atoms with van der Waals surface area (Å²) in [7, 11) is 0. The molecular weight excluding hydrogens is 222 g/mol. The lowest BCUT2D eigenvalue weighted by Crippen LogP contribution is -2.27. The number of hydrogen-bond donors (Lipinski definition) is 1. The van der Waals surface area contributed by atoms with Crippen LogP contribution in [-0.4, -0.2) is 36.3 Å². The predicted octanol–water partition coefficient (Wildman–Crippen LogP) is 0.942. The molecule has 5 heteroatoms. The number of hydrogen-bond acceptors (Lipinski definition) is 4. The summed E-state index contributed by atoms with van der Waals surface area (Å²) in [6.45, 7) is 3.41. The minimum Gasteiger partial charge on any atom is -0.388 e. The van der Waals surface area contributed by atoms with Gasteiger partial charge < -0.3 is 15.4 Å². The van der Waals surface area contributed by atoms with Gasteiger partial charge in [-0.05, 0) is 18.6 Å². The lowest BCUT2D eigenvalue weighted by molar-refractivity contribution is 0.152. The Bertz CT molecular complexity index is 375. The van der Waals surface area contributed by atoms with E-state index in [1.54, 1.807) is 0 Å². The van der Waals surface area contributed by atoms with Crippen molar-refractivity contribution in [2.75, 3.05) is 31.2 Å². The fraction of sp³-hybridized carbons (Fsp3) is 0.455. The molecular formula is C11H15N3OS. The minimum absolute atomic E-state index is 0.341. The van der Waals surface area contributed by atoms with Crippen LogP contribution in [0.2, 0.25) is 0 Å². The van der Waals surface area contributed by atoms with Crippen molar-refractivity contribution in [3.63, 3.8) is 0 Å². The van der Waals surface area contributed by atoms with E-state index in [2.05, 4.69) is 9.88 Å². The van der Waals surface area contributed by atoms with Gasteiger partial charge in [-0.25, -0.2) is 4.98 Å². The first-order chi connectivity index (χ1) is 7.77. The van der Waals surface area contributed by atoms with Gasteiger partial charge in [0.25, 0.3) is 0 Å². The van der Waals surface area contributed by atoms with Crippen molar-refractivity contribution in [3.8, 4) is 0 Å². The molecule has 1 fully saturated rings. The third-order valence-corrected chi connectivity index (χ3v) is 2.74. The second kappa shape index (κ2) is 5.23. The van der Waals surface area contributed by atoms with E-state index in [1.165, 1.54) is 0 Å². The first kappa shape index (κ1) is 11.3. The molecule has 0 spiro atoms. The van der Waals surface area contributed by atoms with Crippen molar-refractivity contribution in [3.05, 3.63) is 23.9 Å². The van der Waals surface area contributed by atoms with Crippen molar-refractivity contribution < 1.29 is 4.74 Å². The number of anilines is 1. The molecule has 86 valence electrons. The van der Waals surface area contributed by atoms with Gasteiger partial charge >= 0.3 is 0 Å². The highest BCUT2D eigenvalue weighted by Crippen LogP contribution is 2.13. The Balaban J connectivity index is 2.18. The topological polar surface area (TPSA) is 51.4 Å². The number of aromatic nitrogens is 1. The van der Waals surface area contributed by atoms with Crippen molar-refractivity contribution in [1.29, 1.82) is 0 Å². The highest BCUT2D eigenvalue weighted by molar-refractivity contribution is 7.80. The van der Waals surface area contributed by atoms with Crippen LogP contribution in [0.1, 0.15) is 12.1 Å². The Hall–Kier alpha value is -1.20. The molecule has 2 heterocycles. The summed E-state index contributed by atoms with van der Waals surface area (Å²) < 4.78 is 5.40. The van der Waals surface area contributed by atoms with Crippen LogP contribution in [0.4, 0.5) is 5.82 Å². The zero-order chi connectivity index (χ0) is 11.4. The van der Waals surface area contributed by atoms with Crippen LogP contribution in [0.5, 0.6) is 0 Å². The monoisotopic (exact) mass is 237 g/mol. The highest BCUT2D eigenvalue weighted by Gasteiger charge is 2.11. The molecule has 4 nitrogen and oxygen atoms in total. The van der Waals surface area contributed by atoms with Gasteiger partial charge in [0.05, 0.1) is 12.3 Å². The summed E-state index contributed by atoms with van der Waals surface area (Å²) in [5, 5.41) is 0. The van der Waals surface area contributed by atoms with Gasteiger partial charge in [-0.15, -0.1) is 0 Å². The molecule has 1 aromatic rings. The van der Waals surface area contributed by atoms with Crippen molar-refractivity contribution >= 4 is 23.0 Å². The van der Waals surface area contributed by atoms with E-state index in [-0.39, 0.29) is 0 Å². The fourth-order valence-electron chi connectivity index (χ4n) is 1.71. The second-order valence-corrected chi connectivity index (χ2v) is 4.14. The molecule has 0 atom stereocenters. The summed E-state index contributed by atoms with van der Waals surface area (Å²) in [6.07, 6.45) is 1.03. The summed E-state index contributed by atoms with van der Waals surface area (Å²) in [6, 6.07) is 5.75. The van der Waals surface area contributed by atoms with Crippen LogP contribution in [0, 0.1) is 0 Å². The lowest BCUT2D eigenvalue weighted by Gasteiger charge is -2.20. The van der Waals surface area contributed by atoms with Crippen LogP contribution >= 0.6 is 12.2 Å². The van der Waals surface area contributed by atoms with Gasteiger partial charge in [0, 0.05) is 19.7 Å². The standard InChI is InChI=1S/C11H15N3OS/c12-11(16)9-3-1-4-10(13-9)14-5-2-7-15-8-6-14/h1,3-4H,2,5-8H2,(H2,12,16). The Morgan fingerprint density at radius 2 is 2.25 bits per heavy atom. The number of thiocarbonyl (C=S) groups is 1. The molecule has 1 saturated heterocycles. The highest BCUT2D eigenvalue weighted by atomic mass is 32.1. The van der Waals surface area contributed by atoms with Gasteiger partial charge in [-0.1, -0.05) is 18.3 Å². The molecule has 2 N–H and O–H groups in total. The van der Waals surface area contributed by atoms with Crippen molar-refractivity contribution in [1.82, 2.24) is 4.98 Å². The van der Waals surface area contributed by atoms with E-state index in [4.69, 9.17) is 22.7 Å². The maximum absolute atomic E-state index is 5.57. The van der Waals surface area contributed by atoms with Gasteiger partial charge in [-0.3, -0.25) is 0 Å². The molecule has 0 aliphatic carbocycles. The molecule has 0 aromatic carbocycles. The van der Waals surface area contributed by atoms with Crippen molar-refractivity contribution in [2.45, 2.75) is 6.42 Å². The maximum atomic E-state index is 5.57. The Kier molecular flexibility index (Phi) is 3.69. The first-order valence-corrected chi connectivity index (χ1v) is 5.78. The normalized spacial score (nSPS) is 16.9. The van der Waals surface area contributed by atoms with Gasteiger partial charge in [-0.2, -0.15) is 0 Å². The Morgan fingerprint density at radius 1 is 1.38 bits per heavy atom. The molecule has 0 unspecified atom stereocenters. The quantitative estimate of drug-likeness (QED) is 0.776. The van der Waals surface area contributed by atoms with Crippen LogP contribution in [0.3, 0.4) is 0 Å². The smallest absolute Gasteiger partial charge is 0.129 e. The molecule has 0 bridgehead atoms. The molecule has 0 amide bonds. The Morgan fingerprint density at radius 3 is 3.06 bits per heavy atom. The number of nitrogens with two attached hydrogens (primary N) is 1. The van der Waals surface area contributed by atoms with Gasteiger partial charge in [0.1, 0.15) is 10.8 Å². The summed E-state index contributed by atoms with van der Waals surface area (Å²) >= 11 is 4.92. The molecule has 1 aliphatic rings. The van der Waals surface area contributed by atoms with E-state index < -0.39 is 0 Å². The average Bonchev–Trinajstić information content (AvgIpc) is 2.57. The van der Waals surface area contributed by atoms with E-state index in [0.717, 1.165) is 38.5 Å². The van der Waals surface area contributed by atoms with Crippen molar-refractivity contribution in [2.24, 2.45) is 5.73 Å². The maximum Gasteiger partial charge on any atom is 0.129 e. The second-order valence-electron chi connectivity index (χ2n) is 3.70. The van der Waals surface area contributed by atoms with Gasteiger partial charge in [0.2, 0.25) is 0 Å². The predicted molar refractivity (Wildman–Crippen MR) is 67.8 cm³/mol. The third-order valence-electron chi connectivity index (χ3n) is 2.53. The number of nitrogens with zero attached hydrogens (tertiary/aromatic N) is 2. The average molecular weight is 237 g/mol. The fourth-order valence-corrected chi connectivity index (χ4v) is 1.83. The SMILES string of the molecule is NC(=S)c1cccc(N2CCCOCC2)n1. The zero-order valence-electron chi connectivity index (χ0n) is 9.06. The number of rotatable bonds is 2. The molecule has 16 heavy (non-hydrogen) atoms. The van der Waals surface area contributed by atoms with E-state index in [0.29, 0.717) is 10.7 Å². The minimum atomic E-state index is 0.341. The van der Waals surface area contributed by atoms with Crippen LogP contribution < -0.4 is 10.6 Å². The van der Waals surface area contributed by atoms with Gasteiger partial charge in [0.15, 0.2) is 0 Å². The molecule has 0 saturated carbocycles. The van der Waals surface area contributed by atoms with E-state index >= 15 is 0 Å².